The first kappa shape index (κ1) is 20.8. The number of nitrogens with zero attached hydrogens (tertiary/aromatic N) is 3. The molecular formula is C26H27N3O3S. The number of hydrogen-bond donors (Lipinski definition) is 0. The molecule has 1 saturated heterocycles. The second-order valence-electron chi connectivity index (χ2n) is 9.37. The monoisotopic (exact) mass is 461 g/mol. The van der Waals surface area contributed by atoms with Gasteiger partial charge in [0.15, 0.2) is 0 Å². The van der Waals surface area contributed by atoms with Crippen molar-refractivity contribution in [2.24, 2.45) is 0 Å². The van der Waals surface area contributed by atoms with Crippen LogP contribution >= 0.6 is 0 Å². The van der Waals surface area contributed by atoms with Crippen molar-refractivity contribution < 1.29 is 13.2 Å². The summed E-state index contributed by atoms with van der Waals surface area (Å²) in [5.74, 6) is 0.417. The fraction of sp³-hybridized carbons (Fsp3) is 0.385. The van der Waals surface area contributed by atoms with E-state index in [9.17, 15) is 13.2 Å². The van der Waals surface area contributed by atoms with Crippen LogP contribution in [0.1, 0.15) is 52.4 Å². The van der Waals surface area contributed by atoms with Gasteiger partial charge in [-0.2, -0.15) is 4.31 Å². The molecule has 2 aromatic carbocycles. The molecule has 7 heteroatoms. The van der Waals surface area contributed by atoms with E-state index in [4.69, 9.17) is 4.98 Å². The molecule has 1 aliphatic heterocycles. The van der Waals surface area contributed by atoms with Crippen LogP contribution in [0.3, 0.4) is 0 Å². The van der Waals surface area contributed by atoms with Crippen LogP contribution in [-0.4, -0.2) is 54.7 Å². The average molecular weight is 462 g/mol. The number of aromatic nitrogens is 1. The average Bonchev–Trinajstić information content (AvgIpc) is 3.59. The number of benzene rings is 2. The van der Waals surface area contributed by atoms with Crippen LogP contribution in [-0.2, 0) is 22.9 Å². The SMILES string of the molecule is O=C(c1cc(C2CC2)nc2ccccc12)N1CCN(S(=O)(=O)c2ccc3c(c2)CCC3)CC1. The summed E-state index contributed by atoms with van der Waals surface area (Å²) in [5.41, 5.74) is 4.94. The molecular weight excluding hydrogens is 434 g/mol. The van der Waals surface area contributed by atoms with E-state index in [1.165, 1.54) is 9.87 Å². The van der Waals surface area contributed by atoms with Crippen molar-refractivity contribution in [3.8, 4) is 0 Å². The van der Waals surface area contributed by atoms with Crippen molar-refractivity contribution >= 4 is 26.8 Å². The lowest BCUT2D eigenvalue weighted by molar-refractivity contribution is 0.0699. The van der Waals surface area contributed by atoms with Crippen LogP contribution in [0.25, 0.3) is 10.9 Å². The Bertz CT molecular complexity index is 1360. The zero-order chi connectivity index (χ0) is 22.6. The van der Waals surface area contributed by atoms with Crippen molar-refractivity contribution in [1.29, 1.82) is 0 Å². The van der Waals surface area contributed by atoms with Gasteiger partial charge in [0.05, 0.1) is 16.0 Å². The maximum atomic E-state index is 13.5. The first-order valence-corrected chi connectivity index (χ1v) is 13.3. The van der Waals surface area contributed by atoms with Crippen molar-refractivity contribution in [3.63, 3.8) is 0 Å². The van der Waals surface area contributed by atoms with E-state index >= 15 is 0 Å². The number of fused-ring (bicyclic) bond motifs is 2. The van der Waals surface area contributed by atoms with Gasteiger partial charge in [0.25, 0.3) is 5.91 Å². The third-order valence-corrected chi connectivity index (χ3v) is 9.09. The molecule has 6 nitrogen and oxygen atoms in total. The molecule has 2 fully saturated rings. The van der Waals surface area contributed by atoms with Gasteiger partial charge < -0.3 is 4.90 Å². The standard InChI is InChI=1S/C26H27N3O3S/c30-26(23-17-25(19-8-9-19)27-24-7-2-1-6-22(23)24)28-12-14-29(15-13-28)33(31,32)21-11-10-18-4-3-5-20(18)16-21/h1-2,6-7,10-11,16-17,19H,3-5,8-9,12-15H2. The highest BCUT2D eigenvalue weighted by molar-refractivity contribution is 7.89. The van der Waals surface area contributed by atoms with Crippen LogP contribution < -0.4 is 0 Å². The maximum absolute atomic E-state index is 13.5. The van der Waals surface area contributed by atoms with Gasteiger partial charge in [-0.15, -0.1) is 0 Å². The van der Waals surface area contributed by atoms with Gasteiger partial charge in [0.1, 0.15) is 0 Å². The van der Waals surface area contributed by atoms with E-state index in [-0.39, 0.29) is 5.91 Å². The third-order valence-electron chi connectivity index (χ3n) is 7.20. The van der Waals surface area contributed by atoms with E-state index in [0.717, 1.165) is 54.3 Å². The van der Waals surface area contributed by atoms with Gasteiger partial charge in [-0.3, -0.25) is 9.78 Å². The summed E-state index contributed by atoms with van der Waals surface area (Å²) in [4.78, 5) is 20.4. The number of carbonyl (C=O) groups excluding carboxylic acids is 1. The van der Waals surface area contributed by atoms with E-state index in [1.807, 2.05) is 42.5 Å². The number of pyridine rings is 1. The van der Waals surface area contributed by atoms with Gasteiger partial charge >= 0.3 is 0 Å². The topological polar surface area (TPSA) is 70.6 Å². The number of carbonyl (C=O) groups is 1. The van der Waals surface area contributed by atoms with Gasteiger partial charge in [-0.05, 0) is 67.5 Å². The molecule has 33 heavy (non-hydrogen) atoms. The van der Waals surface area contributed by atoms with Crippen molar-refractivity contribution in [3.05, 3.63) is 70.9 Å². The Morgan fingerprint density at radius 3 is 2.45 bits per heavy atom. The zero-order valence-electron chi connectivity index (χ0n) is 18.5. The minimum absolute atomic E-state index is 0.0370. The summed E-state index contributed by atoms with van der Waals surface area (Å²) in [7, 11) is -3.56. The Morgan fingerprint density at radius 1 is 0.909 bits per heavy atom. The van der Waals surface area contributed by atoms with E-state index < -0.39 is 10.0 Å². The van der Waals surface area contributed by atoms with Gasteiger partial charge in [-0.1, -0.05) is 24.3 Å². The lowest BCUT2D eigenvalue weighted by atomic mass is 10.0. The lowest BCUT2D eigenvalue weighted by Crippen LogP contribution is -2.50. The Hall–Kier alpha value is -2.77. The van der Waals surface area contributed by atoms with Crippen molar-refractivity contribution in [2.45, 2.75) is 42.9 Å². The second kappa shape index (κ2) is 7.92. The first-order valence-electron chi connectivity index (χ1n) is 11.8. The molecule has 1 amide bonds. The second-order valence-corrected chi connectivity index (χ2v) is 11.3. The summed E-state index contributed by atoms with van der Waals surface area (Å²) >= 11 is 0. The number of piperazine rings is 1. The largest absolute Gasteiger partial charge is 0.336 e. The fourth-order valence-electron chi connectivity index (χ4n) is 5.12. The predicted molar refractivity (Wildman–Crippen MR) is 127 cm³/mol. The molecule has 1 saturated carbocycles. The minimum atomic E-state index is -3.56. The van der Waals surface area contributed by atoms with Crippen LogP contribution in [0, 0.1) is 0 Å². The molecule has 0 N–H and O–H groups in total. The number of rotatable bonds is 4. The van der Waals surface area contributed by atoms with Crippen molar-refractivity contribution in [2.75, 3.05) is 26.2 Å². The number of hydrogen-bond acceptors (Lipinski definition) is 4. The molecule has 2 aliphatic carbocycles. The molecule has 0 radical (unpaired) electrons. The highest BCUT2D eigenvalue weighted by Crippen LogP contribution is 2.40. The number of sulfonamides is 1. The molecule has 0 unspecified atom stereocenters. The normalized spacial score (nSPS) is 19.1. The first-order chi connectivity index (χ1) is 16.0. The molecule has 0 spiro atoms. The summed E-state index contributed by atoms with van der Waals surface area (Å²) in [5, 5.41) is 0.861. The molecule has 6 rings (SSSR count). The Morgan fingerprint density at radius 2 is 1.67 bits per heavy atom. The summed E-state index contributed by atoms with van der Waals surface area (Å²) in [6.45, 7) is 1.39. The number of amides is 1. The van der Waals surface area contributed by atoms with Gasteiger partial charge in [0.2, 0.25) is 10.0 Å². The maximum Gasteiger partial charge on any atom is 0.254 e. The lowest BCUT2D eigenvalue weighted by Gasteiger charge is -2.34. The summed E-state index contributed by atoms with van der Waals surface area (Å²) in [6.07, 6.45) is 5.31. The predicted octanol–water partition coefficient (Wildman–Crippen LogP) is 3.75. The number of aryl methyl sites for hydroxylation is 2. The molecule has 0 bridgehead atoms. The summed E-state index contributed by atoms with van der Waals surface area (Å²) in [6, 6.07) is 15.3. The van der Waals surface area contributed by atoms with Crippen LogP contribution in [0.4, 0.5) is 0 Å². The summed E-state index contributed by atoms with van der Waals surface area (Å²) < 4.78 is 28.0. The third kappa shape index (κ3) is 3.73. The molecule has 170 valence electrons. The fourth-order valence-corrected chi connectivity index (χ4v) is 6.59. The van der Waals surface area contributed by atoms with Crippen LogP contribution in [0.2, 0.25) is 0 Å². The van der Waals surface area contributed by atoms with Crippen LogP contribution in [0.5, 0.6) is 0 Å². The molecule has 3 aromatic rings. The highest BCUT2D eigenvalue weighted by atomic mass is 32.2. The molecule has 3 aliphatic rings. The van der Waals surface area contributed by atoms with Gasteiger partial charge in [0, 0.05) is 43.2 Å². The smallest absolute Gasteiger partial charge is 0.254 e. The molecule has 1 aromatic heterocycles. The minimum Gasteiger partial charge on any atom is -0.336 e. The Kier molecular flexibility index (Phi) is 4.99. The molecule has 2 heterocycles. The quantitative estimate of drug-likeness (QED) is 0.593. The zero-order valence-corrected chi connectivity index (χ0v) is 19.4. The van der Waals surface area contributed by atoms with E-state index in [1.54, 1.807) is 11.0 Å². The van der Waals surface area contributed by atoms with E-state index in [0.29, 0.717) is 42.6 Å². The van der Waals surface area contributed by atoms with Gasteiger partial charge in [-0.25, -0.2) is 8.42 Å². The highest BCUT2D eigenvalue weighted by Gasteiger charge is 2.32. The van der Waals surface area contributed by atoms with Crippen LogP contribution in [0.15, 0.2) is 53.4 Å². The Labute approximate surface area is 194 Å². The van der Waals surface area contributed by atoms with E-state index in [2.05, 4.69) is 0 Å². The number of para-hydroxylation sites is 1. The van der Waals surface area contributed by atoms with Crippen molar-refractivity contribution in [1.82, 2.24) is 14.2 Å². The molecule has 0 atom stereocenters. The Balaban J connectivity index is 1.22.